The number of hydrogen-bond acceptors (Lipinski definition) is 1. The van der Waals surface area contributed by atoms with Crippen molar-refractivity contribution in [1.29, 1.82) is 0 Å². The van der Waals surface area contributed by atoms with Gasteiger partial charge < -0.3 is 5.32 Å². The smallest absolute Gasteiger partial charge is 0.00673 e. The van der Waals surface area contributed by atoms with E-state index in [-0.39, 0.29) is 0 Å². The van der Waals surface area contributed by atoms with E-state index in [1.54, 1.807) is 0 Å². The van der Waals surface area contributed by atoms with Crippen molar-refractivity contribution in [3.8, 4) is 0 Å². The summed E-state index contributed by atoms with van der Waals surface area (Å²) in [7, 11) is 0. The zero-order chi connectivity index (χ0) is 9.15. The van der Waals surface area contributed by atoms with Crippen LogP contribution in [0, 0.1) is 5.41 Å². The van der Waals surface area contributed by atoms with Crippen LogP contribution in [0.25, 0.3) is 0 Å². The highest BCUT2D eigenvalue weighted by atomic mass is 14.9. The summed E-state index contributed by atoms with van der Waals surface area (Å²) in [6, 6.07) is 0.884. The molecule has 0 saturated heterocycles. The lowest BCUT2D eigenvalue weighted by atomic mass is 9.66. The molecule has 2 aliphatic carbocycles. The maximum Gasteiger partial charge on any atom is 0.00673 e. The predicted octanol–water partition coefficient (Wildman–Crippen LogP) is 3.10. The van der Waals surface area contributed by atoms with Crippen molar-refractivity contribution in [1.82, 2.24) is 5.32 Å². The molecule has 2 fully saturated rings. The summed E-state index contributed by atoms with van der Waals surface area (Å²) in [4.78, 5) is 0. The Morgan fingerprint density at radius 3 is 2.38 bits per heavy atom. The van der Waals surface area contributed by atoms with Crippen molar-refractivity contribution in [3.05, 3.63) is 0 Å². The molecule has 0 radical (unpaired) electrons. The zero-order valence-corrected chi connectivity index (χ0v) is 8.94. The molecule has 0 atom stereocenters. The molecule has 1 nitrogen and oxygen atoms in total. The normalized spacial score (nSPS) is 26.5. The molecule has 1 heteroatoms. The van der Waals surface area contributed by atoms with Crippen LogP contribution in [0.3, 0.4) is 0 Å². The molecule has 0 aromatic heterocycles. The SMILES string of the molecule is CCCC1(CNC2CCC2)CCC1. The first kappa shape index (κ1) is 9.51. The second-order valence-corrected chi connectivity index (χ2v) is 5.11. The van der Waals surface area contributed by atoms with Crippen LogP contribution in [0.2, 0.25) is 0 Å². The first-order valence-corrected chi connectivity index (χ1v) is 6.08. The molecule has 13 heavy (non-hydrogen) atoms. The van der Waals surface area contributed by atoms with Crippen molar-refractivity contribution in [2.45, 2.75) is 64.3 Å². The average molecular weight is 181 g/mol. The van der Waals surface area contributed by atoms with E-state index in [4.69, 9.17) is 0 Å². The maximum atomic E-state index is 3.75. The summed E-state index contributed by atoms with van der Waals surface area (Å²) in [5.41, 5.74) is 0.727. The largest absolute Gasteiger partial charge is 0.313 e. The van der Waals surface area contributed by atoms with Gasteiger partial charge in [0.25, 0.3) is 0 Å². The molecule has 0 aromatic rings. The van der Waals surface area contributed by atoms with Gasteiger partial charge in [-0.05, 0) is 37.5 Å². The minimum Gasteiger partial charge on any atom is -0.313 e. The number of rotatable bonds is 5. The fraction of sp³-hybridized carbons (Fsp3) is 1.00. The van der Waals surface area contributed by atoms with Crippen LogP contribution in [-0.4, -0.2) is 12.6 Å². The Hall–Kier alpha value is -0.0400. The molecule has 76 valence electrons. The fourth-order valence-corrected chi connectivity index (χ4v) is 2.70. The van der Waals surface area contributed by atoms with Crippen LogP contribution >= 0.6 is 0 Å². The highest BCUT2D eigenvalue weighted by Crippen LogP contribution is 2.44. The first-order chi connectivity index (χ1) is 6.35. The van der Waals surface area contributed by atoms with Gasteiger partial charge in [0.1, 0.15) is 0 Å². The van der Waals surface area contributed by atoms with Crippen LogP contribution in [0.1, 0.15) is 58.3 Å². The lowest BCUT2D eigenvalue weighted by Crippen LogP contribution is -2.45. The Balaban J connectivity index is 1.70. The van der Waals surface area contributed by atoms with E-state index in [9.17, 15) is 0 Å². The molecule has 0 amide bonds. The van der Waals surface area contributed by atoms with Gasteiger partial charge in [-0.25, -0.2) is 0 Å². The number of nitrogens with one attached hydrogen (secondary N) is 1. The Morgan fingerprint density at radius 1 is 1.23 bits per heavy atom. The van der Waals surface area contributed by atoms with E-state index in [0.717, 1.165) is 11.5 Å². The summed E-state index contributed by atoms with van der Waals surface area (Å²) in [5, 5.41) is 3.75. The van der Waals surface area contributed by atoms with Crippen molar-refractivity contribution < 1.29 is 0 Å². The summed E-state index contributed by atoms with van der Waals surface area (Å²) in [6.07, 6.45) is 11.6. The molecule has 0 heterocycles. The third kappa shape index (κ3) is 2.07. The monoisotopic (exact) mass is 181 g/mol. The van der Waals surface area contributed by atoms with Gasteiger partial charge in [0.15, 0.2) is 0 Å². The van der Waals surface area contributed by atoms with Gasteiger partial charge in [0.2, 0.25) is 0 Å². The molecule has 2 aliphatic rings. The lowest BCUT2D eigenvalue weighted by molar-refractivity contribution is 0.104. The third-order valence-corrected chi connectivity index (χ3v) is 4.07. The van der Waals surface area contributed by atoms with Gasteiger partial charge in [-0.1, -0.05) is 26.2 Å². The summed E-state index contributed by atoms with van der Waals surface area (Å²) < 4.78 is 0. The van der Waals surface area contributed by atoms with Gasteiger partial charge in [-0.2, -0.15) is 0 Å². The van der Waals surface area contributed by atoms with Gasteiger partial charge in [0, 0.05) is 12.6 Å². The molecule has 0 bridgehead atoms. The fourth-order valence-electron chi connectivity index (χ4n) is 2.70. The average Bonchev–Trinajstić information content (AvgIpc) is 1.96. The number of hydrogen-bond donors (Lipinski definition) is 1. The standard InChI is InChI=1S/C12H23N/c1-2-7-12(8-4-9-12)10-13-11-5-3-6-11/h11,13H,2-10H2,1H3. The Bertz CT molecular complexity index is 157. The highest BCUT2D eigenvalue weighted by Gasteiger charge is 2.36. The van der Waals surface area contributed by atoms with Crippen molar-refractivity contribution in [2.24, 2.45) is 5.41 Å². The van der Waals surface area contributed by atoms with E-state index >= 15 is 0 Å². The zero-order valence-electron chi connectivity index (χ0n) is 8.94. The van der Waals surface area contributed by atoms with Gasteiger partial charge >= 0.3 is 0 Å². The van der Waals surface area contributed by atoms with Crippen LogP contribution < -0.4 is 5.32 Å². The van der Waals surface area contributed by atoms with Crippen molar-refractivity contribution in [3.63, 3.8) is 0 Å². The molecule has 0 unspecified atom stereocenters. The van der Waals surface area contributed by atoms with Crippen LogP contribution in [-0.2, 0) is 0 Å². The Labute approximate surface area is 82.3 Å². The predicted molar refractivity (Wildman–Crippen MR) is 56.8 cm³/mol. The molecule has 0 spiro atoms. The topological polar surface area (TPSA) is 12.0 Å². The lowest BCUT2D eigenvalue weighted by Gasteiger charge is -2.44. The van der Waals surface area contributed by atoms with Crippen LogP contribution in [0.5, 0.6) is 0 Å². The second-order valence-electron chi connectivity index (χ2n) is 5.11. The van der Waals surface area contributed by atoms with E-state index in [0.29, 0.717) is 0 Å². The highest BCUT2D eigenvalue weighted by molar-refractivity contribution is 4.91. The van der Waals surface area contributed by atoms with Crippen molar-refractivity contribution in [2.75, 3.05) is 6.54 Å². The van der Waals surface area contributed by atoms with Crippen molar-refractivity contribution >= 4 is 0 Å². The van der Waals surface area contributed by atoms with Gasteiger partial charge in [-0.15, -0.1) is 0 Å². The van der Waals surface area contributed by atoms with Gasteiger partial charge in [-0.3, -0.25) is 0 Å². The minimum absolute atomic E-state index is 0.727. The minimum atomic E-state index is 0.727. The summed E-state index contributed by atoms with van der Waals surface area (Å²) in [5.74, 6) is 0. The molecule has 2 saturated carbocycles. The van der Waals surface area contributed by atoms with E-state index in [2.05, 4.69) is 12.2 Å². The van der Waals surface area contributed by atoms with Crippen LogP contribution in [0.15, 0.2) is 0 Å². The van der Waals surface area contributed by atoms with Gasteiger partial charge in [0.05, 0.1) is 0 Å². The molecular formula is C12H23N. The van der Waals surface area contributed by atoms with E-state index in [1.807, 2.05) is 0 Å². The summed E-state index contributed by atoms with van der Waals surface area (Å²) >= 11 is 0. The Kier molecular flexibility index (Phi) is 2.92. The molecule has 0 aromatic carbocycles. The Morgan fingerprint density at radius 2 is 2.00 bits per heavy atom. The van der Waals surface area contributed by atoms with E-state index in [1.165, 1.54) is 57.9 Å². The van der Waals surface area contributed by atoms with E-state index < -0.39 is 0 Å². The molecule has 0 aliphatic heterocycles. The molecule has 2 rings (SSSR count). The quantitative estimate of drug-likeness (QED) is 0.687. The maximum absolute atomic E-state index is 3.75. The third-order valence-electron chi connectivity index (χ3n) is 4.07. The van der Waals surface area contributed by atoms with Crippen LogP contribution in [0.4, 0.5) is 0 Å². The molecule has 1 N–H and O–H groups in total. The summed E-state index contributed by atoms with van der Waals surface area (Å²) in [6.45, 7) is 3.63. The molecular weight excluding hydrogens is 158 g/mol. The second kappa shape index (κ2) is 4.00. The first-order valence-electron chi connectivity index (χ1n) is 6.08.